The second-order valence-electron chi connectivity index (χ2n) is 7.07. The van der Waals surface area contributed by atoms with Gasteiger partial charge in [-0.1, -0.05) is 36.4 Å². The summed E-state index contributed by atoms with van der Waals surface area (Å²) in [5.41, 5.74) is 3.13. The van der Waals surface area contributed by atoms with Gasteiger partial charge in [-0.3, -0.25) is 0 Å². The van der Waals surface area contributed by atoms with Crippen LogP contribution in [0.25, 0.3) is 11.0 Å². The van der Waals surface area contributed by atoms with Crippen molar-refractivity contribution in [2.24, 2.45) is 4.99 Å². The summed E-state index contributed by atoms with van der Waals surface area (Å²) in [5, 5.41) is 0.614. The van der Waals surface area contributed by atoms with Crippen LogP contribution in [0.4, 0.5) is 5.69 Å². The molecule has 6 heteroatoms. The number of methoxy groups -OCH3 is 1. The molecule has 0 bridgehead atoms. The number of sulfone groups is 1. The third-order valence-corrected chi connectivity index (χ3v) is 6.47. The molecule has 30 heavy (non-hydrogen) atoms. The lowest BCUT2D eigenvalue weighted by Crippen LogP contribution is -2.16. The zero-order chi connectivity index (χ0) is 21.3. The van der Waals surface area contributed by atoms with Gasteiger partial charge in [0.2, 0.25) is 15.4 Å². The molecule has 0 aliphatic heterocycles. The first-order chi connectivity index (χ1) is 14.4. The molecule has 5 nitrogen and oxygen atoms in total. The predicted molar refractivity (Wildman–Crippen MR) is 116 cm³/mol. The number of benzene rings is 3. The molecule has 0 N–H and O–H groups in total. The fourth-order valence-electron chi connectivity index (χ4n) is 3.40. The van der Waals surface area contributed by atoms with Crippen molar-refractivity contribution in [3.05, 3.63) is 89.5 Å². The van der Waals surface area contributed by atoms with Gasteiger partial charge >= 0.3 is 0 Å². The average molecular weight is 420 g/mol. The molecule has 0 atom stereocenters. The lowest BCUT2D eigenvalue weighted by molar-refractivity contribution is 0.404. The van der Waals surface area contributed by atoms with Crippen molar-refractivity contribution in [3.63, 3.8) is 0 Å². The summed E-state index contributed by atoms with van der Waals surface area (Å²) >= 11 is 0. The smallest absolute Gasteiger partial charge is 0.239 e. The minimum atomic E-state index is -3.85. The first-order valence-corrected chi connectivity index (χ1v) is 10.9. The van der Waals surface area contributed by atoms with E-state index in [4.69, 9.17) is 9.15 Å². The number of para-hydroxylation sites is 1. The van der Waals surface area contributed by atoms with Crippen LogP contribution in [-0.2, 0) is 9.84 Å². The Labute approximate surface area is 175 Å². The van der Waals surface area contributed by atoms with Crippen LogP contribution in [0.2, 0.25) is 0 Å². The van der Waals surface area contributed by atoms with Gasteiger partial charge in [0.25, 0.3) is 0 Å². The van der Waals surface area contributed by atoms with E-state index in [1.54, 1.807) is 61.7 Å². The molecular weight excluding hydrogens is 398 g/mol. The highest BCUT2D eigenvalue weighted by Crippen LogP contribution is 2.28. The minimum absolute atomic E-state index is 0.00797. The molecule has 1 aromatic heterocycles. The van der Waals surface area contributed by atoms with Crippen LogP contribution in [0.1, 0.15) is 11.1 Å². The minimum Gasteiger partial charge on any atom is -0.493 e. The van der Waals surface area contributed by atoms with Gasteiger partial charge in [-0.25, -0.2) is 13.4 Å². The van der Waals surface area contributed by atoms with E-state index in [0.717, 1.165) is 11.1 Å². The standard InChI is InChI=1S/C24H21NO4S/c1-16-12-17(2)14-19(13-16)25-24-22(30(26,27)20-9-5-4-6-10-20)15-18-8-7-11-21(28-3)23(18)29-24/h4-15H,1-3H3. The largest absolute Gasteiger partial charge is 0.493 e. The number of hydrogen-bond acceptors (Lipinski definition) is 5. The van der Waals surface area contributed by atoms with Crippen LogP contribution in [0.15, 0.2) is 92.0 Å². The summed E-state index contributed by atoms with van der Waals surface area (Å²) in [7, 11) is -2.31. The van der Waals surface area contributed by atoms with E-state index >= 15 is 0 Å². The third-order valence-electron chi connectivity index (χ3n) is 4.71. The fourth-order valence-corrected chi connectivity index (χ4v) is 4.76. The Morgan fingerprint density at radius 2 is 1.57 bits per heavy atom. The Morgan fingerprint density at radius 1 is 0.867 bits per heavy atom. The maximum Gasteiger partial charge on any atom is 0.239 e. The zero-order valence-corrected chi connectivity index (χ0v) is 17.7. The Balaban J connectivity index is 2.08. The van der Waals surface area contributed by atoms with E-state index < -0.39 is 9.84 Å². The summed E-state index contributed by atoms with van der Waals surface area (Å²) in [6.45, 7) is 3.93. The van der Waals surface area contributed by atoms with E-state index in [1.807, 2.05) is 32.0 Å². The van der Waals surface area contributed by atoms with Crippen LogP contribution in [0, 0.1) is 13.8 Å². The van der Waals surface area contributed by atoms with Crippen molar-refractivity contribution >= 4 is 26.5 Å². The van der Waals surface area contributed by atoms with Gasteiger partial charge in [0.05, 0.1) is 17.7 Å². The highest BCUT2D eigenvalue weighted by Gasteiger charge is 2.23. The molecule has 0 fully saturated rings. The first-order valence-electron chi connectivity index (χ1n) is 9.42. The first kappa shape index (κ1) is 19.9. The van der Waals surface area contributed by atoms with Crippen molar-refractivity contribution in [1.82, 2.24) is 0 Å². The molecular formula is C24H21NO4S. The summed E-state index contributed by atoms with van der Waals surface area (Å²) in [5.74, 6) is 0.507. The Hall–Kier alpha value is -3.38. The second-order valence-corrected chi connectivity index (χ2v) is 8.99. The molecule has 1 heterocycles. The van der Waals surface area contributed by atoms with Crippen molar-refractivity contribution < 1.29 is 17.6 Å². The monoisotopic (exact) mass is 419 g/mol. The molecule has 0 radical (unpaired) electrons. The van der Waals surface area contributed by atoms with Gasteiger partial charge in [-0.05, 0) is 61.4 Å². The molecule has 4 aromatic rings. The fraction of sp³-hybridized carbons (Fsp3) is 0.125. The van der Waals surface area contributed by atoms with Gasteiger partial charge in [0.1, 0.15) is 4.90 Å². The number of fused-ring (bicyclic) bond motifs is 1. The van der Waals surface area contributed by atoms with Crippen LogP contribution >= 0.6 is 0 Å². The van der Waals surface area contributed by atoms with Gasteiger partial charge in [-0.2, -0.15) is 0 Å². The van der Waals surface area contributed by atoms with Crippen LogP contribution < -0.4 is 10.3 Å². The molecule has 0 saturated carbocycles. The SMILES string of the molecule is COc1cccc2cc(S(=O)(=O)c3ccccc3)c(=Nc3cc(C)cc(C)c3)oc12. The van der Waals surface area contributed by atoms with E-state index in [9.17, 15) is 8.42 Å². The van der Waals surface area contributed by atoms with Crippen LogP contribution in [0.3, 0.4) is 0 Å². The summed E-state index contributed by atoms with van der Waals surface area (Å²) < 4.78 is 38.3. The number of hydrogen-bond donors (Lipinski definition) is 0. The van der Waals surface area contributed by atoms with Crippen molar-refractivity contribution in [2.45, 2.75) is 23.6 Å². The van der Waals surface area contributed by atoms with Gasteiger partial charge in [-0.15, -0.1) is 0 Å². The van der Waals surface area contributed by atoms with Crippen molar-refractivity contribution in [3.8, 4) is 5.75 Å². The number of rotatable bonds is 4. The Kier molecular flexibility index (Phi) is 5.18. The Morgan fingerprint density at radius 3 is 2.23 bits per heavy atom. The van der Waals surface area contributed by atoms with Crippen molar-refractivity contribution in [2.75, 3.05) is 7.11 Å². The predicted octanol–water partition coefficient (Wildman–Crippen LogP) is 5.12. The summed E-state index contributed by atoms with van der Waals surface area (Å²) in [6.07, 6.45) is 0. The third kappa shape index (κ3) is 3.74. The second kappa shape index (κ2) is 7.80. The lowest BCUT2D eigenvalue weighted by atomic mass is 10.1. The topological polar surface area (TPSA) is 68.9 Å². The van der Waals surface area contributed by atoms with E-state index in [2.05, 4.69) is 4.99 Å². The molecule has 0 aliphatic carbocycles. The summed E-state index contributed by atoms with van der Waals surface area (Å²) in [6, 6.07) is 21.0. The van der Waals surface area contributed by atoms with E-state index in [0.29, 0.717) is 22.4 Å². The van der Waals surface area contributed by atoms with Crippen LogP contribution in [0.5, 0.6) is 5.75 Å². The van der Waals surface area contributed by atoms with Crippen LogP contribution in [-0.4, -0.2) is 15.5 Å². The number of aryl methyl sites for hydroxylation is 2. The van der Waals surface area contributed by atoms with Crippen molar-refractivity contribution in [1.29, 1.82) is 0 Å². The molecule has 0 unspecified atom stereocenters. The van der Waals surface area contributed by atoms with E-state index in [1.165, 1.54) is 0 Å². The summed E-state index contributed by atoms with van der Waals surface area (Å²) in [4.78, 5) is 4.77. The molecule has 0 aliphatic rings. The Bertz CT molecular complexity index is 1380. The number of ether oxygens (including phenoxy) is 1. The molecule has 152 valence electrons. The molecule has 0 amide bonds. The number of nitrogens with zero attached hydrogens (tertiary/aromatic N) is 1. The highest BCUT2D eigenvalue weighted by molar-refractivity contribution is 7.91. The molecule has 3 aromatic carbocycles. The maximum absolute atomic E-state index is 13.4. The molecule has 0 saturated heterocycles. The van der Waals surface area contributed by atoms with Gasteiger partial charge in [0, 0.05) is 5.39 Å². The van der Waals surface area contributed by atoms with Gasteiger partial charge in [0.15, 0.2) is 11.3 Å². The quantitative estimate of drug-likeness (QED) is 0.460. The zero-order valence-electron chi connectivity index (χ0n) is 16.9. The lowest BCUT2D eigenvalue weighted by Gasteiger charge is -2.09. The highest BCUT2D eigenvalue weighted by atomic mass is 32.2. The normalized spacial score (nSPS) is 12.3. The molecule has 4 rings (SSSR count). The van der Waals surface area contributed by atoms with E-state index in [-0.39, 0.29) is 15.3 Å². The average Bonchev–Trinajstić information content (AvgIpc) is 2.72. The van der Waals surface area contributed by atoms with Gasteiger partial charge < -0.3 is 9.15 Å². The molecule has 0 spiro atoms. The maximum atomic E-state index is 13.4.